The van der Waals surface area contributed by atoms with Crippen molar-refractivity contribution < 1.29 is 4.74 Å². The van der Waals surface area contributed by atoms with E-state index in [1.165, 1.54) is 43.4 Å². The number of hydrogen-bond acceptors (Lipinski definition) is 3. The second-order valence-electron chi connectivity index (χ2n) is 5.90. The summed E-state index contributed by atoms with van der Waals surface area (Å²) in [7, 11) is 0. The molecule has 20 heavy (non-hydrogen) atoms. The molecule has 1 heterocycles. The third-order valence-electron chi connectivity index (χ3n) is 4.36. The first-order chi connectivity index (χ1) is 9.74. The van der Waals surface area contributed by atoms with Crippen LogP contribution in [0.5, 0.6) is 5.88 Å². The maximum atomic E-state index is 6.14. The normalized spacial score (nSPS) is 19.4. The standard InChI is InChI=1S/C16H22N2OS/c17-15(20)13-10-11-6-4-5-9-14(11)18-16(13)19-12-7-2-1-3-8-12/h10,12H,1-9H2,(H2,17,20). The molecule has 4 heteroatoms. The van der Waals surface area contributed by atoms with Crippen molar-refractivity contribution in [2.45, 2.75) is 63.9 Å². The van der Waals surface area contributed by atoms with Crippen molar-refractivity contribution in [2.24, 2.45) is 5.73 Å². The Balaban J connectivity index is 1.88. The van der Waals surface area contributed by atoms with Crippen molar-refractivity contribution >= 4 is 17.2 Å². The van der Waals surface area contributed by atoms with Gasteiger partial charge in [-0.2, -0.15) is 0 Å². The minimum atomic E-state index is 0.283. The van der Waals surface area contributed by atoms with Crippen molar-refractivity contribution in [3.05, 3.63) is 22.9 Å². The Labute approximate surface area is 125 Å². The first-order valence-corrected chi connectivity index (χ1v) is 8.14. The Morgan fingerprint density at radius 3 is 2.65 bits per heavy atom. The molecule has 1 aromatic heterocycles. The fourth-order valence-corrected chi connectivity index (χ4v) is 3.37. The Morgan fingerprint density at radius 2 is 1.90 bits per heavy atom. The van der Waals surface area contributed by atoms with Gasteiger partial charge in [0.15, 0.2) is 0 Å². The lowest BCUT2D eigenvalue weighted by molar-refractivity contribution is 0.148. The van der Waals surface area contributed by atoms with E-state index in [0.717, 1.165) is 31.2 Å². The third-order valence-corrected chi connectivity index (χ3v) is 4.58. The van der Waals surface area contributed by atoms with E-state index in [4.69, 9.17) is 27.7 Å². The number of thiocarbonyl (C=S) groups is 1. The fourth-order valence-electron chi connectivity index (χ4n) is 3.22. The van der Waals surface area contributed by atoms with Crippen LogP contribution < -0.4 is 10.5 Å². The topological polar surface area (TPSA) is 48.1 Å². The molecule has 0 bridgehead atoms. The summed E-state index contributed by atoms with van der Waals surface area (Å²) >= 11 is 5.18. The Hall–Kier alpha value is -1.16. The molecular weight excluding hydrogens is 268 g/mol. The van der Waals surface area contributed by atoms with E-state index in [-0.39, 0.29) is 6.10 Å². The van der Waals surface area contributed by atoms with Gasteiger partial charge in [0.2, 0.25) is 5.88 Å². The molecule has 1 saturated carbocycles. The molecule has 0 saturated heterocycles. The lowest BCUT2D eigenvalue weighted by Crippen LogP contribution is -2.23. The molecule has 0 aromatic carbocycles. The molecule has 0 unspecified atom stereocenters. The van der Waals surface area contributed by atoms with Gasteiger partial charge in [0, 0.05) is 5.69 Å². The molecule has 2 aliphatic rings. The molecule has 3 nitrogen and oxygen atoms in total. The number of pyridine rings is 1. The van der Waals surface area contributed by atoms with E-state index in [0.29, 0.717) is 10.9 Å². The van der Waals surface area contributed by atoms with E-state index >= 15 is 0 Å². The van der Waals surface area contributed by atoms with Gasteiger partial charge in [-0.1, -0.05) is 18.6 Å². The van der Waals surface area contributed by atoms with Crippen LogP contribution in [0.2, 0.25) is 0 Å². The molecule has 108 valence electrons. The van der Waals surface area contributed by atoms with Crippen LogP contribution in [0.25, 0.3) is 0 Å². The number of aryl methyl sites for hydroxylation is 2. The molecule has 3 rings (SSSR count). The van der Waals surface area contributed by atoms with Crippen LogP contribution in [0.4, 0.5) is 0 Å². The number of rotatable bonds is 3. The average Bonchev–Trinajstić information content (AvgIpc) is 2.47. The summed E-state index contributed by atoms with van der Waals surface area (Å²) in [5.41, 5.74) is 9.17. The Bertz CT molecular complexity index is 509. The van der Waals surface area contributed by atoms with Gasteiger partial charge in [-0.25, -0.2) is 4.98 Å². The first kappa shape index (κ1) is 13.8. The largest absolute Gasteiger partial charge is 0.474 e. The quantitative estimate of drug-likeness (QED) is 0.868. The number of fused-ring (bicyclic) bond motifs is 1. The Morgan fingerprint density at radius 1 is 1.15 bits per heavy atom. The van der Waals surface area contributed by atoms with Crippen molar-refractivity contribution in [2.75, 3.05) is 0 Å². The maximum absolute atomic E-state index is 6.14. The molecular formula is C16H22N2OS. The minimum Gasteiger partial charge on any atom is -0.474 e. The lowest BCUT2D eigenvalue weighted by Gasteiger charge is -2.25. The summed E-state index contributed by atoms with van der Waals surface area (Å²) in [6.07, 6.45) is 10.9. The molecule has 0 atom stereocenters. The third kappa shape index (κ3) is 2.95. The van der Waals surface area contributed by atoms with Gasteiger partial charge in [0.1, 0.15) is 11.1 Å². The van der Waals surface area contributed by atoms with Gasteiger partial charge < -0.3 is 10.5 Å². The highest BCUT2D eigenvalue weighted by Gasteiger charge is 2.21. The van der Waals surface area contributed by atoms with Crippen molar-refractivity contribution in [1.82, 2.24) is 4.98 Å². The first-order valence-electron chi connectivity index (χ1n) is 7.73. The SMILES string of the molecule is NC(=S)c1cc2c(nc1OC1CCCCC1)CCCC2. The van der Waals surface area contributed by atoms with Gasteiger partial charge in [-0.3, -0.25) is 0 Å². The van der Waals surface area contributed by atoms with Crippen LogP contribution in [-0.2, 0) is 12.8 Å². The molecule has 2 N–H and O–H groups in total. The smallest absolute Gasteiger partial charge is 0.224 e. The van der Waals surface area contributed by atoms with Crippen molar-refractivity contribution in [3.63, 3.8) is 0 Å². The minimum absolute atomic E-state index is 0.283. The van der Waals surface area contributed by atoms with Crippen LogP contribution >= 0.6 is 12.2 Å². The molecule has 1 fully saturated rings. The maximum Gasteiger partial charge on any atom is 0.224 e. The predicted octanol–water partition coefficient (Wildman–Crippen LogP) is 3.31. The van der Waals surface area contributed by atoms with E-state index in [1.807, 2.05) is 0 Å². The molecule has 2 aliphatic carbocycles. The van der Waals surface area contributed by atoms with Crippen LogP contribution in [0.15, 0.2) is 6.07 Å². The monoisotopic (exact) mass is 290 g/mol. The van der Waals surface area contributed by atoms with Gasteiger partial charge in [0.05, 0.1) is 5.56 Å². The lowest BCUT2D eigenvalue weighted by atomic mass is 9.94. The Kier molecular flexibility index (Phi) is 4.20. The van der Waals surface area contributed by atoms with Gasteiger partial charge >= 0.3 is 0 Å². The van der Waals surface area contributed by atoms with Crippen molar-refractivity contribution in [3.8, 4) is 5.88 Å². The predicted molar refractivity (Wildman–Crippen MR) is 84.3 cm³/mol. The highest BCUT2D eigenvalue weighted by molar-refractivity contribution is 7.80. The zero-order valence-electron chi connectivity index (χ0n) is 11.9. The van der Waals surface area contributed by atoms with Crippen molar-refractivity contribution in [1.29, 1.82) is 0 Å². The molecule has 0 spiro atoms. The van der Waals surface area contributed by atoms with E-state index in [1.54, 1.807) is 0 Å². The van der Waals surface area contributed by atoms with Gasteiger partial charge in [-0.05, 0) is 63.0 Å². The summed E-state index contributed by atoms with van der Waals surface area (Å²) in [6.45, 7) is 0. The molecule has 0 amide bonds. The summed E-state index contributed by atoms with van der Waals surface area (Å²) in [5, 5.41) is 0. The second-order valence-corrected chi connectivity index (χ2v) is 6.34. The molecule has 0 radical (unpaired) electrons. The van der Waals surface area contributed by atoms with E-state index < -0.39 is 0 Å². The number of ether oxygens (including phenoxy) is 1. The summed E-state index contributed by atoms with van der Waals surface area (Å²) in [6, 6.07) is 2.11. The summed E-state index contributed by atoms with van der Waals surface area (Å²) in [5.74, 6) is 0.671. The van der Waals surface area contributed by atoms with E-state index in [2.05, 4.69) is 6.07 Å². The van der Waals surface area contributed by atoms with Crippen LogP contribution in [-0.4, -0.2) is 16.1 Å². The molecule has 0 aliphatic heterocycles. The number of hydrogen-bond donors (Lipinski definition) is 1. The van der Waals surface area contributed by atoms with Crippen LogP contribution in [0.1, 0.15) is 61.8 Å². The number of nitrogens with two attached hydrogens (primary N) is 1. The average molecular weight is 290 g/mol. The summed E-state index contributed by atoms with van der Waals surface area (Å²) in [4.78, 5) is 5.14. The van der Waals surface area contributed by atoms with E-state index in [9.17, 15) is 0 Å². The zero-order valence-corrected chi connectivity index (χ0v) is 12.7. The zero-order chi connectivity index (χ0) is 13.9. The summed E-state index contributed by atoms with van der Waals surface area (Å²) < 4.78 is 6.14. The van der Waals surface area contributed by atoms with Gasteiger partial charge in [0.25, 0.3) is 0 Å². The number of nitrogens with zero attached hydrogens (tertiary/aromatic N) is 1. The molecule has 1 aromatic rings. The van der Waals surface area contributed by atoms with Crippen LogP contribution in [0, 0.1) is 0 Å². The highest BCUT2D eigenvalue weighted by Crippen LogP contribution is 2.29. The highest BCUT2D eigenvalue weighted by atomic mass is 32.1. The van der Waals surface area contributed by atoms with Crippen LogP contribution in [0.3, 0.4) is 0 Å². The van der Waals surface area contributed by atoms with Gasteiger partial charge in [-0.15, -0.1) is 0 Å². The number of aromatic nitrogens is 1. The second kappa shape index (κ2) is 6.08. The fraction of sp³-hybridized carbons (Fsp3) is 0.625.